The van der Waals surface area contributed by atoms with Gasteiger partial charge in [0.05, 0.1) is 10.6 Å². The first-order chi connectivity index (χ1) is 15.9. The van der Waals surface area contributed by atoms with Crippen LogP contribution in [0, 0.1) is 25.2 Å². The number of hydrogen-bond acceptors (Lipinski definition) is 7. The van der Waals surface area contributed by atoms with Crippen molar-refractivity contribution < 1.29 is 19.7 Å². The number of carboxylic acids is 1. The van der Waals surface area contributed by atoms with Crippen molar-refractivity contribution in [2.24, 2.45) is 0 Å². The molecule has 2 aromatic heterocycles. The molecule has 0 aliphatic rings. The van der Waals surface area contributed by atoms with Gasteiger partial charge in [0.15, 0.2) is 0 Å². The Bertz CT molecular complexity index is 1410. The van der Waals surface area contributed by atoms with Crippen molar-refractivity contribution in [1.29, 1.82) is 5.26 Å². The van der Waals surface area contributed by atoms with Crippen LogP contribution in [0.4, 0.5) is 0 Å². The first-order valence-corrected chi connectivity index (χ1v) is 10.8. The van der Waals surface area contributed by atoms with E-state index in [4.69, 9.17) is 9.84 Å². The zero-order valence-corrected chi connectivity index (χ0v) is 18.7. The second-order valence-corrected chi connectivity index (χ2v) is 8.43. The Kier molecular flexibility index (Phi) is 6.07. The van der Waals surface area contributed by atoms with Gasteiger partial charge < -0.3 is 14.9 Å². The van der Waals surface area contributed by atoms with Gasteiger partial charge in [-0.25, -0.2) is 14.8 Å². The number of thiazole rings is 1. The fourth-order valence-corrected chi connectivity index (χ4v) is 4.35. The first-order valence-electron chi connectivity index (χ1n) is 9.99. The van der Waals surface area contributed by atoms with E-state index < -0.39 is 5.97 Å². The highest BCUT2D eigenvalue weighted by atomic mass is 32.1. The van der Waals surface area contributed by atoms with Crippen LogP contribution in [0.15, 0.2) is 54.6 Å². The monoisotopic (exact) mass is 457 g/mol. The van der Waals surface area contributed by atoms with E-state index >= 15 is 0 Å². The van der Waals surface area contributed by atoms with Crippen molar-refractivity contribution in [3.63, 3.8) is 0 Å². The van der Waals surface area contributed by atoms with Crippen LogP contribution in [0.2, 0.25) is 0 Å². The molecule has 2 aromatic carbocycles. The Hall–Kier alpha value is -4.22. The van der Waals surface area contributed by atoms with Gasteiger partial charge in [0.25, 0.3) is 0 Å². The molecule has 0 bridgehead atoms. The molecule has 33 heavy (non-hydrogen) atoms. The van der Waals surface area contributed by atoms with E-state index in [1.165, 1.54) is 23.5 Å². The number of nitrogens with zero attached hydrogens (tertiary/aromatic N) is 3. The highest BCUT2D eigenvalue weighted by Gasteiger charge is 2.14. The number of carboxylic acid groups (broad SMARTS) is 1. The number of nitriles is 1. The van der Waals surface area contributed by atoms with Crippen LogP contribution in [0.5, 0.6) is 11.6 Å². The summed E-state index contributed by atoms with van der Waals surface area (Å²) in [5.74, 6) is -1.16. The van der Waals surface area contributed by atoms with Crippen molar-refractivity contribution in [3.8, 4) is 39.3 Å². The Balaban J connectivity index is 1.59. The molecule has 0 radical (unpaired) electrons. The zero-order chi connectivity index (χ0) is 23.5. The van der Waals surface area contributed by atoms with E-state index in [9.17, 15) is 15.2 Å². The van der Waals surface area contributed by atoms with E-state index in [0.29, 0.717) is 17.0 Å². The van der Waals surface area contributed by atoms with Gasteiger partial charge in [0.2, 0.25) is 5.88 Å². The van der Waals surface area contributed by atoms with Gasteiger partial charge >= 0.3 is 5.97 Å². The molecular formula is C25H19N3O4S. The molecule has 0 aliphatic carbocycles. The summed E-state index contributed by atoms with van der Waals surface area (Å²) in [6, 6.07) is 17.8. The minimum atomic E-state index is -1.18. The second-order valence-electron chi connectivity index (χ2n) is 7.35. The lowest BCUT2D eigenvalue weighted by molar-refractivity contribution is 0.0693. The molecule has 0 aliphatic heterocycles. The lowest BCUT2D eigenvalue weighted by atomic mass is 10.0. The van der Waals surface area contributed by atoms with Crippen molar-refractivity contribution in [1.82, 2.24) is 9.97 Å². The smallest absolute Gasteiger partial charge is 0.339 e. The summed E-state index contributed by atoms with van der Waals surface area (Å²) < 4.78 is 5.77. The average molecular weight is 458 g/mol. The third kappa shape index (κ3) is 4.68. The average Bonchev–Trinajstić information content (AvgIpc) is 3.18. The van der Waals surface area contributed by atoms with E-state index in [-0.39, 0.29) is 17.9 Å². The van der Waals surface area contributed by atoms with Gasteiger partial charge in [0.1, 0.15) is 34.6 Å². The van der Waals surface area contributed by atoms with Crippen LogP contribution in [0.3, 0.4) is 0 Å². The highest BCUT2D eigenvalue weighted by Crippen LogP contribution is 2.34. The molecule has 0 spiro atoms. The van der Waals surface area contributed by atoms with Gasteiger partial charge in [-0.1, -0.05) is 24.3 Å². The number of carbonyl (C=O) groups is 1. The van der Waals surface area contributed by atoms with E-state index in [1.807, 2.05) is 38.1 Å². The summed E-state index contributed by atoms with van der Waals surface area (Å²) in [7, 11) is 0. The normalized spacial score (nSPS) is 10.6. The number of hydrogen-bond donors (Lipinski definition) is 2. The molecule has 0 saturated carbocycles. The largest absolute Gasteiger partial charge is 0.507 e. The van der Waals surface area contributed by atoms with Gasteiger partial charge in [0, 0.05) is 5.69 Å². The van der Waals surface area contributed by atoms with Gasteiger partial charge in [-0.15, -0.1) is 11.3 Å². The highest BCUT2D eigenvalue weighted by molar-refractivity contribution is 7.15. The van der Waals surface area contributed by atoms with Gasteiger partial charge in [-0.2, -0.15) is 5.26 Å². The van der Waals surface area contributed by atoms with Crippen LogP contribution in [0.25, 0.3) is 21.6 Å². The Morgan fingerprint density at radius 1 is 1.06 bits per heavy atom. The molecule has 0 atom stereocenters. The number of rotatable bonds is 6. The first kappa shape index (κ1) is 22.0. The van der Waals surface area contributed by atoms with Gasteiger partial charge in [-0.05, 0) is 60.9 Å². The Labute approximate surface area is 194 Å². The predicted octanol–water partition coefficient (Wildman–Crippen LogP) is 5.34. The standard InChI is InChI=1S/C25H19N3O4S/c1-14-6-7-19(12-26)24(27-14)32-13-22-28-15(2)23(33-22)18-5-3-4-16(10-18)17-8-9-20(25(30)31)21(29)11-17/h3-11,29H,13H2,1-2H3,(H,30,31). The number of aromatic nitrogens is 2. The summed E-state index contributed by atoms with van der Waals surface area (Å²) in [6.07, 6.45) is 0. The molecule has 2 heterocycles. The molecule has 0 saturated heterocycles. The van der Waals surface area contributed by atoms with Crippen LogP contribution in [-0.4, -0.2) is 26.2 Å². The van der Waals surface area contributed by atoms with Crippen molar-refractivity contribution in [2.45, 2.75) is 20.5 Å². The number of ether oxygens (including phenoxy) is 1. The Morgan fingerprint density at radius 2 is 1.82 bits per heavy atom. The lowest BCUT2D eigenvalue weighted by Crippen LogP contribution is -2.00. The second kappa shape index (κ2) is 9.10. The number of aryl methyl sites for hydroxylation is 2. The van der Waals surface area contributed by atoms with E-state index in [1.54, 1.807) is 18.2 Å². The fraction of sp³-hybridized carbons (Fsp3) is 0.120. The minimum Gasteiger partial charge on any atom is -0.507 e. The SMILES string of the molecule is Cc1ccc(C#N)c(OCc2nc(C)c(-c3cccc(-c4ccc(C(=O)O)c(O)c4)c3)s2)n1. The van der Waals surface area contributed by atoms with Crippen molar-refractivity contribution >= 4 is 17.3 Å². The van der Waals surface area contributed by atoms with E-state index in [0.717, 1.165) is 32.4 Å². The topological polar surface area (TPSA) is 116 Å². The Morgan fingerprint density at radius 3 is 2.55 bits per heavy atom. The number of aromatic carboxylic acids is 1. The minimum absolute atomic E-state index is 0.138. The predicted molar refractivity (Wildman–Crippen MR) is 124 cm³/mol. The number of benzene rings is 2. The molecule has 164 valence electrons. The number of pyridine rings is 1. The molecule has 4 aromatic rings. The molecule has 8 heteroatoms. The molecule has 0 unspecified atom stereocenters. The van der Waals surface area contributed by atoms with Crippen LogP contribution in [-0.2, 0) is 6.61 Å². The van der Waals surface area contributed by atoms with Crippen molar-refractivity contribution in [3.05, 3.63) is 82.1 Å². The van der Waals surface area contributed by atoms with E-state index in [2.05, 4.69) is 16.0 Å². The maximum Gasteiger partial charge on any atom is 0.339 e. The maximum atomic E-state index is 11.1. The molecule has 0 amide bonds. The molecule has 4 rings (SSSR count). The molecule has 0 fully saturated rings. The van der Waals surface area contributed by atoms with Crippen molar-refractivity contribution in [2.75, 3.05) is 0 Å². The quantitative estimate of drug-likeness (QED) is 0.401. The summed E-state index contributed by atoms with van der Waals surface area (Å²) in [4.78, 5) is 21.0. The molecule has 2 N–H and O–H groups in total. The summed E-state index contributed by atoms with van der Waals surface area (Å²) in [6.45, 7) is 3.95. The molecular weight excluding hydrogens is 438 g/mol. The van der Waals surface area contributed by atoms with Crippen LogP contribution in [0.1, 0.15) is 32.3 Å². The summed E-state index contributed by atoms with van der Waals surface area (Å²) in [5, 5.41) is 29.2. The number of aromatic hydroxyl groups is 1. The summed E-state index contributed by atoms with van der Waals surface area (Å²) >= 11 is 1.49. The van der Waals surface area contributed by atoms with Crippen LogP contribution >= 0.6 is 11.3 Å². The molecule has 7 nitrogen and oxygen atoms in total. The fourth-order valence-electron chi connectivity index (χ4n) is 3.37. The van der Waals surface area contributed by atoms with Gasteiger partial charge in [-0.3, -0.25) is 0 Å². The maximum absolute atomic E-state index is 11.1. The lowest BCUT2D eigenvalue weighted by Gasteiger charge is -2.07. The zero-order valence-electron chi connectivity index (χ0n) is 17.9. The third-order valence-corrected chi connectivity index (χ3v) is 6.16. The summed E-state index contributed by atoms with van der Waals surface area (Å²) in [5.41, 5.74) is 4.34. The third-order valence-electron chi connectivity index (χ3n) is 4.98. The van der Waals surface area contributed by atoms with Crippen LogP contribution < -0.4 is 4.74 Å². The number of phenols is 1.